The molecule has 2 heterocycles. The van der Waals surface area contributed by atoms with E-state index in [1.165, 1.54) is 11.3 Å². The van der Waals surface area contributed by atoms with Gasteiger partial charge in [-0.05, 0) is 31.3 Å². The normalized spacial score (nSPS) is 22.8. The second-order valence-corrected chi connectivity index (χ2v) is 7.32. The van der Waals surface area contributed by atoms with E-state index in [0.717, 1.165) is 25.8 Å². The van der Waals surface area contributed by atoms with Crippen LogP contribution in [0.2, 0.25) is 0 Å². The highest BCUT2D eigenvalue weighted by Crippen LogP contribution is 2.27. The maximum atomic E-state index is 12.4. The molecule has 0 saturated carbocycles. The van der Waals surface area contributed by atoms with E-state index in [4.69, 9.17) is 0 Å². The monoisotopic (exact) mass is 274 g/mol. The van der Waals surface area contributed by atoms with Crippen molar-refractivity contribution in [3.05, 3.63) is 17.5 Å². The van der Waals surface area contributed by atoms with Crippen LogP contribution < -0.4 is 5.32 Å². The van der Waals surface area contributed by atoms with Crippen molar-refractivity contribution in [2.45, 2.75) is 29.5 Å². The van der Waals surface area contributed by atoms with E-state index >= 15 is 0 Å². The van der Waals surface area contributed by atoms with Gasteiger partial charge in [-0.15, -0.1) is 11.3 Å². The van der Waals surface area contributed by atoms with Gasteiger partial charge in [-0.3, -0.25) is 0 Å². The van der Waals surface area contributed by atoms with Gasteiger partial charge in [0.15, 0.2) is 0 Å². The molecule has 1 aliphatic rings. The second-order valence-electron chi connectivity index (χ2n) is 4.26. The zero-order valence-electron chi connectivity index (χ0n) is 9.93. The smallest absolute Gasteiger partial charge is 0.252 e. The van der Waals surface area contributed by atoms with Crippen LogP contribution >= 0.6 is 11.3 Å². The third-order valence-corrected chi connectivity index (χ3v) is 6.40. The Labute approximate surface area is 107 Å². The molecule has 0 aromatic carbocycles. The lowest BCUT2D eigenvalue weighted by atomic mass is 10.1. The van der Waals surface area contributed by atoms with Crippen LogP contribution in [0.15, 0.2) is 21.7 Å². The van der Waals surface area contributed by atoms with Gasteiger partial charge in [-0.25, -0.2) is 8.42 Å². The summed E-state index contributed by atoms with van der Waals surface area (Å²) >= 11 is 1.29. The minimum absolute atomic E-state index is 0.0980. The Kier molecular flexibility index (Phi) is 4.19. The Morgan fingerprint density at radius 1 is 1.53 bits per heavy atom. The summed E-state index contributed by atoms with van der Waals surface area (Å²) in [6.45, 7) is 1.37. The summed E-state index contributed by atoms with van der Waals surface area (Å²) in [6.07, 6.45) is 3.03. The Morgan fingerprint density at radius 2 is 2.35 bits per heavy atom. The van der Waals surface area contributed by atoms with Crippen LogP contribution in [-0.2, 0) is 10.0 Å². The van der Waals surface area contributed by atoms with Crippen molar-refractivity contribution < 1.29 is 8.42 Å². The summed E-state index contributed by atoms with van der Waals surface area (Å²) in [6, 6.07) is 3.57. The van der Waals surface area contributed by atoms with Gasteiger partial charge >= 0.3 is 0 Å². The minimum atomic E-state index is -3.28. The molecule has 0 aliphatic carbocycles. The zero-order valence-corrected chi connectivity index (χ0v) is 11.6. The number of nitrogens with zero attached hydrogens (tertiary/aromatic N) is 1. The van der Waals surface area contributed by atoms with E-state index in [1.54, 1.807) is 16.4 Å². The lowest BCUT2D eigenvalue weighted by Gasteiger charge is -2.34. The van der Waals surface area contributed by atoms with Crippen molar-refractivity contribution in [3.63, 3.8) is 0 Å². The molecule has 17 heavy (non-hydrogen) atoms. The van der Waals surface area contributed by atoms with Crippen molar-refractivity contribution in [1.82, 2.24) is 9.62 Å². The van der Waals surface area contributed by atoms with Crippen LogP contribution in [-0.4, -0.2) is 38.9 Å². The number of likely N-dealkylation sites (N-methyl/N-ethyl adjacent to an activating group) is 1. The Bertz CT molecular complexity index is 440. The molecule has 1 aromatic rings. The molecule has 0 radical (unpaired) electrons. The van der Waals surface area contributed by atoms with E-state index < -0.39 is 10.0 Å². The van der Waals surface area contributed by atoms with Gasteiger partial charge in [0.25, 0.3) is 10.0 Å². The van der Waals surface area contributed by atoms with E-state index in [-0.39, 0.29) is 6.04 Å². The fourth-order valence-corrected chi connectivity index (χ4v) is 5.07. The Hall–Kier alpha value is -0.430. The predicted octanol–water partition coefficient (Wildman–Crippen LogP) is 1.51. The number of nitrogens with one attached hydrogen (secondary N) is 1. The van der Waals surface area contributed by atoms with Gasteiger partial charge in [-0.1, -0.05) is 12.5 Å². The van der Waals surface area contributed by atoms with Gasteiger partial charge in [0.2, 0.25) is 0 Å². The lowest BCUT2D eigenvalue weighted by Crippen LogP contribution is -2.47. The molecular formula is C11H18N2O2S2. The van der Waals surface area contributed by atoms with E-state index in [9.17, 15) is 8.42 Å². The summed E-state index contributed by atoms with van der Waals surface area (Å²) in [5.41, 5.74) is 0. The first kappa shape index (κ1) is 13.0. The average Bonchev–Trinajstić information content (AvgIpc) is 2.84. The van der Waals surface area contributed by atoms with Gasteiger partial charge < -0.3 is 5.32 Å². The average molecular weight is 274 g/mol. The molecule has 96 valence electrons. The Morgan fingerprint density at radius 3 is 3.00 bits per heavy atom. The van der Waals surface area contributed by atoms with Crippen LogP contribution in [0.1, 0.15) is 19.3 Å². The van der Waals surface area contributed by atoms with Gasteiger partial charge in [0.1, 0.15) is 4.21 Å². The molecule has 1 saturated heterocycles. The third-order valence-electron chi connectivity index (χ3n) is 3.07. The van der Waals surface area contributed by atoms with E-state index in [2.05, 4.69) is 5.32 Å². The second kappa shape index (κ2) is 5.48. The first-order valence-corrected chi connectivity index (χ1v) is 8.18. The van der Waals surface area contributed by atoms with Crippen LogP contribution in [0.25, 0.3) is 0 Å². The molecular weight excluding hydrogens is 256 g/mol. The summed E-state index contributed by atoms with van der Waals surface area (Å²) in [5, 5.41) is 4.89. The quantitative estimate of drug-likeness (QED) is 0.905. The maximum absolute atomic E-state index is 12.4. The van der Waals surface area contributed by atoms with Gasteiger partial charge in [0.05, 0.1) is 0 Å². The fourth-order valence-electron chi connectivity index (χ4n) is 2.26. The SMILES string of the molecule is CNCC1CCCCN1S(=O)(=O)c1cccs1. The van der Waals surface area contributed by atoms with Gasteiger partial charge in [0, 0.05) is 19.1 Å². The molecule has 0 bridgehead atoms. The van der Waals surface area contributed by atoms with E-state index in [1.807, 2.05) is 12.4 Å². The number of thiophene rings is 1. The summed E-state index contributed by atoms with van der Waals surface area (Å²) in [7, 11) is -1.41. The molecule has 1 aromatic heterocycles. The molecule has 6 heteroatoms. The molecule has 1 aliphatic heterocycles. The molecule has 1 N–H and O–H groups in total. The number of rotatable bonds is 4. The van der Waals surface area contributed by atoms with Gasteiger partial charge in [-0.2, -0.15) is 4.31 Å². The first-order chi connectivity index (χ1) is 8.16. The zero-order chi connectivity index (χ0) is 12.3. The van der Waals surface area contributed by atoms with Crippen LogP contribution in [0.3, 0.4) is 0 Å². The molecule has 4 nitrogen and oxygen atoms in total. The summed E-state index contributed by atoms with van der Waals surface area (Å²) < 4.78 is 27.0. The van der Waals surface area contributed by atoms with Crippen LogP contribution in [0, 0.1) is 0 Å². The summed E-state index contributed by atoms with van der Waals surface area (Å²) in [4.78, 5) is 0. The third kappa shape index (κ3) is 2.70. The van der Waals surface area contributed by atoms with Crippen molar-refractivity contribution >= 4 is 21.4 Å². The molecule has 1 fully saturated rings. The highest BCUT2D eigenvalue weighted by molar-refractivity contribution is 7.91. The number of hydrogen-bond donors (Lipinski definition) is 1. The first-order valence-electron chi connectivity index (χ1n) is 5.86. The maximum Gasteiger partial charge on any atom is 0.252 e. The van der Waals surface area contributed by atoms with Crippen molar-refractivity contribution in [2.75, 3.05) is 20.1 Å². The van der Waals surface area contributed by atoms with Crippen molar-refractivity contribution in [1.29, 1.82) is 0 Å². The topological polar surface area (TPSA) is 49.4 Å². The minimum Gasteiger partial charge on any atom is -0.318 e. The molecule has 0 spiro atoms. The molecule has 1 unspecified atom stereocenters. The number of piperidine rings is 1. The largest absolute Gasteiger partial charge is 0.318 e. The fraction of sp³-hybridized carbons (Fsp3) is 0.636. The highest BCUT2D eigenvalue weighted by atomic mass is 32.2. The van der Waals surface area contributed by atoms with Crippen molar-refractivity contribution in [2.24, 2.45) is 0 Å². The standard InChI is InChI=1S/C11H18N2O2S2/c1-12-9-10-5-2-3-7-13(10)17(14,15)11-6-4-8-16-11/h4,6,8,10,12H,2-3,5,7,9H2,1H3. The van der Waals surface area contributed by atoms with E-state index in [0.29, 0.717) is 10.8 Å². The number of hydrogen-bond acceptors (Lipinski definition) is 4. The lowest BCUT2D eigenvalue weighted by molar-refractivity contribution is 0.249. The molecule has 2 rings (SSSR count). The predicted molar refractivity (Wildman–Crippen MR) is 69.8 cm³/mol. The number of sulfonamides is 1. The molecule has 0 amide bonds. The highest BCUT2D eigenvalue weighted by Gasteiger charge is 2.33. The molecule has 1 atom stereocenters. The van der Waals surface area contributed by atoms with Crippen LogP contribution in [0.5, 0.6) is 0 Å². The van der Waals surface area contributed by atoms with Crippen LogP contribution in [0.4, 0.5) is 0 Å². The van der Waals surface area contributed by atoms with Crippen molar-refractivity contribution in [3.8, 4) is 0 Å². The summed E-state index contributed by atoms with van der Waals surface area (Å²) in [5.74, 6) is 0. The Balaban J connectivity index is 2.24.